The number of hydrogen-bond donors (Lipinski definition) is 0. The minimum absolute atomic E-state index is 0.0485. The molecule has 22 heavy (non-hydrogen) atoms. The average Bonchev–Trinajstić information content (AvgIpc) is 2.56. The van der Waals surface area contributed by atoms with Crippen LogP contribution >= 0.6 is 0 Å². The Kier molecular flexibility index (Phi) is 5.04. The van der Waals surface area contributed by atoms with Crippen LogP contribution in [0.2, 0.25) is 0 Å². The Morgan fingerprint density at radius 1 is 1.18 bits per heavy atom. The second-order valence-corrected chi connectivity index (χ2v) is 4.66. The van der Waals surface area contributed by atoms with Crippen LogP contribution in [0.3, 0.4) is 0 Å². The summed E-state index contributed by atoms with van der Waals surface area (Å²) in [6, 6.07) is 5.46. The number of allylic oxidation sites excluding steroid dienone is 1. The second kappa shape index (κ2) is 6.98. The molecule has 0 aliphatic carbocycles. The van der Waals surface area contributed by atoms with Crippen molar-refractivity contribution in [1.29, 1.82) is 0 Å². The van der Waals surface area contributed by atoms with E-state index in [1.54, 1.807) is 32.2 Å². The number of rotatable bonds is 5. The molecule has 1 aromatic rings. The van der Waals surface area contributed by atoms with Gasteiger partial charge in [-0.3, -0.25) is 19.6 Å². The van der Waals surface area contributed by atoms with E-state index in [1.165, 1.54) is 6.08 Å². The number of carbonyl (C=O) groups is 2. The van der Waals surface area contributed by atoms with Crippen LogP contribution in [-0.4, -0.2) is 42.4 Å². The van der Waals surface area contributed by atoms with Gasteiger partial charge in [-0.2, -0.15) is 0 Å². The van der Waals surface area contributed by atoms with Gasteiger partial charge in [-0.05, 0) is 32.1 Å². The lowest BCUT2D eigenvalue weighted by atomic mass is 9.85. The molecule has 0 saturated carbocycles. The van der Waals surface area contributed by atoms with Gasteiger partial charge < -0.3 is 9.47 Å². The summed E-state index contributed by atoms with van der Waals surface area (Å²) in [5.74, 6) is -1.29. The van der Waals surface area contributed by atoms with Gasteiger partial charge in [-0.15, -0.1) is 0 Å². The number of carbonyl (C=O) groups excluding carboxylic acids is 2. The maximum Gasteiger partial charge on any atom is 0.329 e. The van der Waals surface area contributed by atoms with E-state index in [0.717, 1.165) is 0 Å². The maximum atomic E-state index is 12.2. The molecule has 0 unspecified atom stereocenters. The van der Waals surface area contributed by atoms with Crippen molar-refractivity contribution in [3.63, 3.8) is 0 Å². The summed E-state index contributed by atoms with van der Waals surface area (Å²) in [5, 5.41) is 0. The number of nitrogens with zero attached hydrogens (tertiary/aromatic N) is 2. The highest BCUT2D eigenvalue weighted by Crippen LogP contribution is 2.28. The van der Waals surface area contributed by atoms with Crippen molar-refractivity contribution < 1.29 is 19.1 Å². The molecule has 0 amide bonds. The van der Waals surface area contributed by atoms with Gasteiger partial charge in [0.25, 0.3) is 0 Å². The van der Waals surface area contributed by atoms with Crippen molar-refractivity contribution in [2.24, 2.45) is 10.4 Å². The lowest BCUT2D eigenvalue weighted by molar-refractivity contribution is -0.167. The zero-order chi connectivity index (χ0) is 16.0. The quantitative estimate of drug-likeness (QED) is 0.609. The van der Waals surface area contributed by atoms with E-state index in [2.05, 4.69) is 9.98 Å². The topological polar surface area (TPSA) is 77.9 Å². The van der Waals surface area contributed by atoms with Crippen molar-refractivity contribution in [2.45, 2.75) is 13.8 Å². The fourth-order valence-electron chi connectivity index (χ4n) is 2.09. The maximum absolute atomic E-state index is 12.2. The van der Waals surface area contributed by atoms with Gasteiger partial charge in [0.05, 0.1) is 31.2 Å². The van der Waals surface area contributed by atoms with Crippen LogP contribution < -0.4 is 0 Å². The third kappa shape index (κ3) is 3.05. The van der Waals surface area contributed by atoms with Gasteiger partial charge in [-0.1, -0.05) is 12.1 Å². The Morgan fingerprint density at radius 3 is 2.32 bits per heavy atom. The van der Waals surface area contributed by atoms with E-state index < -0.39 is 17.4 Å². The molecule has 0 N–H and O–H groups in total. The number of aliphatic imine (C=N–C) groups is 1. The third-order valence-corrected chi connectivity index (χ3v) is 3.23. The fraction of sp³-hybridized carbons (Fsp3) is 0.375. The zero-order valence-corrected chi connectivity index (χ0v) is 12.6. The van der Waals surface area contributed by atoms with E-state index in [-0.39, 0.29) is 19.8 Å². The molecule has 0 fully saturated rings. The predicted octanol–water partition coefficient (Wildman–Crippen LogP) is 1.55. The van der Waals surface area contributed by atoms with E-state index >= 15 is 0 Å². The van der Waals surface area contributed by atoms with Gasteiger partial charge >= 0.3 is 11.9 Å². The smallest absolute Gasteiger partial charge is 0.329 e. The molecule has 0 atom stereocenters. The largest absolute Gasteiger partial charge is 0.465 e. The highest BCUT2D eigenvalue weighted by atomic mass is 16.6. The second-order valence-electron chi connectivity index (χ2n) is 4.66. The standard InChI is InChI=1S/C16H18N2O4/c1-3-21-14(19)16(15(20)22-4-2)9-8-13(18-11-16)12-7-5-6-10-17-12/h5-10H,3-4,11H2,1-2H3. The van der Waals surface area contributed by atoms with Gasteiger partial charge in [0.1, 0.15) is 0 Å². The van der Waals surface area contributed by atoms with Crippen LogP contribution in [0.5, 0.6) is 0 Å². The van der Waals surface area contributed by atoms with Crippen molar-refractivity contribution in [3.05, 3.63) is 42.2 Å². The highest BCUT2D eigenvalue weighted by Gasteiger charge is 2.48. The summed E-state index contributed by atoms with van der Waals surface area (Å²) >= 11 is 0. The molecule has 2 heterocycles. The summed E-state index contributed by atoms with van der Waals surface area (Å²) in [6.07, 6.45) is 4.77. The first-order valence-electron chi connectivity index (χ1n) is 7.13. The van der Waals surface area contributed by atoms with Gasteiger partial charge in [0.2, 0.25) is 5.41 Å². The molecule has 6 nitrogen and oxygen atoms in total. The Hall–Kier alpha value is -2.50. The molecule has 0 radical (unpaired) electrons. The zero-order valence-electron chi connectivity index (χ0n) is 12.6. The van der Waals surface area contributed by atoms with Crippen LogP contribution in [0.1, 0.15) is 19.5 Å². The Morgan fingerprint density at radius 2 is 1.86 bits per heavy atom. The monoisotopic (exact) mass is 302 g/mol. The minimum Gasteiger partial charge on any atom is -0.465 e. The number of hydrogen-bond acceptors (Lipinski definition) is 6. The van der Waals surface area contributed by atoms with Crippen LogP contribution in [0.4, 0.5) is 0 Å². The summed E-state index contributed by atoms with van der Waals surface area (Å²) < 4.78 is 10.0. The molecule has 0 spiro atoms. The van der Waals surface area contributed by atoms with E-state index in [9.17, 15) is 9.59 Å². The third-order valence-electron chi connectivity index (χ3n) is 3.23. The van der Waals surface area contributed by atoms with Crippen LogP contribution in [0.15, 0.2) is 41.5 Å². The van der Waals surface area contributed by atoms with Crippen LogP contribution in [-0.2, 0) is 19.1 Å². The molecule has 2 rings (SSSR count). The summed E-state index contributed by atoms with van der Waals surface area (Å²) in [7, 11) is 0. The van der Waals surface area contributed by atoms with Crippen molar-refractivity contribution in [2.75, 3.05) is 19.8 Å². The first kappa shape index (κ1) is 15.9. The number of aromatic nitrogens is 1. The lowest BCUT2D eigenvalue weighted by Crippen LogP contribution is -2.44. The van der Waals surface area contributed by atoms with Gasteiger partial charge in [0, 0.05) is 6.20 Å². The Balaban J connectivity index is 2.28. The van der Waals surface area contributed by atoms with Gasteiger partial charge in [0.15, 0.2) is 0 Å². The molecule has 0 bridgehead atoms. The molecule has 0 aromatic carbocycles. The van der Waals surface area contributed by atoms with E-state index in [1.807, 2.05) is 12.1 Å². The molecule has 1 aliphatic heterocycles. The molecular formula is C16H18N2O4. The van der Waals surface area contributed by atoms with Crippen LogP contribution in [0.25, 0.3) is 0 Å². The normalized spacial score (nSPS) is 15.8. The average molecular weight is 302 g/mol. The number of pyridine rings is 1. The van der Waals surface area contributed by atoms with E-state index in [4.69, 9.17) is 9.47 Å². The van der Waals surface area contributed by atoms with Crippen molar-refractivity contribution in [3.8, 4) is 0 Å². The lowest BCUT2D eigenvalue weighted by Gasteiger charge is -2.26. The first-order chi connectivity index (χ1) is 10.6. The highest BCUT2D eigenvalue weighted by molar-refractivity contribution is 6.11. The summed E-state index contributed by atoms with van der Waals surface area (Å²) in [6.45, 7) is 3.69. The number of dihydropyridines is 1. The van der Waals surface area contributed by atoms with E-state index in [0.29, 0.717) is 11.4 Å². The first-order valence-corrected chi connectivity index (χ1v) is 7.13. The number of esters is 2. The Bertz CT molecular complexity index is 590. The summed E-state index contributed by atoms with van der Waals surface area (Å²) in [5.41, 5.74) is -0.213. The van der Waals surface area contributed by atoms with Crippen molar-refractivity contribution in [1.82, 2.24) is 4.98 Å². The van der Waals surface area contributed by atoms with Gasteiger partial charge in [-0.25, -0.2) is 0 Å². The number of ether oxygens (including phenoxy) is 2. The van der Waals surface area contributed by atoms with Crippen LogP contribution in [0, 0.1) is 5.41 Å². The fourth-order valence-corrected chi connectivity index (χ4v) is 2.09. The molecule has 0 saturated heterocycles. The predicted molar refractivity (Wildman–Crippen MR) is 80.5 cm³/mol. The molecular weight excluding hydrogens is 284 g/mol. The molecule has 116 valence electrons. The molecule has 1 aliphatic rings. The molecule has 1 aromatic heterocycles. The molecule has 6 heteroatoms. The summed E-state index contributed by atoms with van der Waals surface area (Å²) in [4.78, 5) is 33.0. The minimum atomic E-state index is -1.51. The Labute approximate surface area is 128 Å². The SMILES string of the molecule is CCOC(=O)C1(C(=O)OCC)C=CC(c2ccccn2)=NC1. The van der Waals surface area contributed by atoms with Crippen molar-refractivity contribution >= 4 is 17.7 Å².